The van der Waals surface area contributed by atoms with Crippen LogP contribution in [0.15, 0.2) is 39.9 Å². The zero-order chi connectivity index (χ0) is 20.4. The summed E-state index contributed by atoms with van der Waals surface area (Å²) in [6.07, 6.45) is 2.86. The van der Waals surface area contributed by atoms with Crippen LogP contribution in [0.25, 0.3) is 11.0 Å². The Kier molecular flexibility index (Phi) is 5.43. The molecule has 0 saturated carbocycles. The quantitative estimate of drug-likeness (QED) is 0.580. The highest BCUT2D eigenvalue weighted by Gasteiger charge is 2.40. The van der Waals surface area contributed by atoms with Crippen molar-refractivity contribution >= 4 is 46.8 Å². The zero-order valence-corrected chi connectivity index (χ0v) is 16.4. The van der Waals surface area contributed by atoms with E-state index >= 15 is 0 Å². The van der Waals surface area contributed by atoms with Gasteiger partial charge in [-0.05, 0) is 25.0 Å². The van der Waals surface area contributed by atoms with E-state index in [2.05, 4.69) is 10.5 Å². The minimum Gasteiger partial charge on any atom is -0.451 e. The number of primary amides is 1. The van der Waals surface area contributed by atoms with Gasteiger partial charge in [-0.1, -0.05) is 18.2 Å². The number of urea groups is 1. The monoisotopic (exact) mass is 415 g/mol. The number of carbonyl (C=O) groups is 3. The number of hydrogen-bond donors (Lipinski definition) is 2. The summed E-state index contributed by atoms with van der Waals surface area (Å²) < 4.78 is 5.70. The topological polar surface area (TPSA) is 121 Å². The summed E-state index contributed by atoms with van der Waals surface area (Å²) in [6, 6.07) is 7.59. The van der Waals surface area contributed by atoms with Crippen molar-refractivity contribution in [2.24, 2.45) is 10.8 Å². The van der Waals surface area contributed by atoms with Crippen molar-refractivity contribution in [2.75, 3.05) is 18.2 Å². The Morgan fingerprint density at radius 2 is 2.10 bits per heavy atom. The number of nitrogens with two attached hydrogens (primary N) is 1. The molecule has 9 nitrogen and oxygen atoms in total. The molecular formula is C19H21N5O4S. The van der Waals surface area contributed by atoms with Crippen LogP contribution in [0.4, 0.5) is 4.79 Å². The molecule has 2 aromatic rings. The van der Waals surface area contributed by atoms with E-state index in [0.29, 0.717) is 30.2 Å². The molecule has 0 bridgehead atoms. The van der Waals surface area contributed by atoms with Crippen molar-refractivity contribution in [1.82, 2.24) is 15.2 Å². The maximum atomic E-state index is 13.2. The molecule has 0 aliphatic carbocycles. The molecule has 29 heavy (non-hydrogen) atoms. The lowest BCUT2D eigenvalue weighted by Gasteiger charge is -2.29. The normalized spacial score (nSPS) is 21.9. The van der Waals surface area contributed by atoms with Crippen LogP contribution in [-0.4, -0.2) is 64.1 Å². The van der Waals surface area contributed by atoms with Gasteiger partial charge in [0.2, 0.25) is 5.91 Å². The standard InChI is InChI=1S/C19H21N5O4S/c20-19(27)22-21-9-13-10-29-11-24(13)17(25)14-5-3-7-23(14)18(26)16-8-12-4-1-2-6-15(12)28-16/h1-2,4,6,8-9,13-14H,3,5,7,10-11H2,(H3,20,22,27)/t13-,14+/m1/s1. The lowest BCUT2D eigenvalue weighted by atomic mass is 10.1. The first kappa shape index (κ1) is 19.3. The number of furan rings is 1. The number of rotatable bonds is 4. The van der Waals surface area contributed by atoms with Crippen molar-refractivity contribution in [3.8, 4) is 0 Å². The van der Waals surface area contributed by atoms with Crippen LogP contribution in [-0.2, 0) is 4.79 Å². The maximum absolute atomic E-state index is 13.2. The molecule has 3 N–H and O–H groups in total. The molecule has 4 amide bonds. The number of likely N-dealkylation sites (tertiary alicyclic amines) is 1. The van der Waals surface area contributed by atoms with E-state index in [9.17, 15) is 14.4 Å². The van der Waals surface area contributed by atoms with Crippen molar-refractivity contribution < 1.29 is 18.8 Å². The second-order valence-corrected chi connectivity index (χ2v) is 7.93. The summed E-state index contributed by atoms with van der Waals surface area (Å²) in [5, 5.41) is 4.64. The van der Waals surface area contributed by atoms with E-state index in [-0.39, 0.29) is 23.6 Å². The molecule has 0 radical (unpaired) electrons. The first-order valence-corrected chi connectivity index (χ1v) is 10.5. The Morgan fingerprint density at radius 1 is 1.28 bits per heavy atom. The van der Waals surface area contributed by atoms with E-state index in [1.165, 1.54) is 6.21 Å². The Bertz CT molecular complexity index is 941. The van der Waals surface area contributed by atoms with Crippen molar-refractivity contribution in [3.05, 3.63) is 36.1 Å². The number of hydrogen-bond acceptors (Lipinski definition) is 6. The third-order valence-corrected chi connectivity index (χ3v) is 6.10. The van der Waals surface area contributed by atoms with E-state index in [1.807, 2.05) is 24.3 Å². The molecule has 10 heteroatoms. The summed E-state index contributed by atoms with van der Waals surface area (Å²) in [4.78, 5) is 40.3. The number of amides is 4. The zero-order valence-electron chi connectivity index (χ0n) is 15.6. The maximum Gasteiger partial charge on any atom is 0.332 e. The van der Waals surface area contributed by atoms with Gasteiger partial charge in [-0.3, -0.25) is 9.59 Å². The fraction of sp³-hybridized carbons (Fsp3) is 0.368. The van der Waals surface area contributed by atoms with Gasteiger partial charge < -0.3 is 20.0 Å². The molecule has 4 rings (SSSR count). The lowest BCUT2D eigenvalue weighted by Crippen LogP contribution is -2.50. The number of nitrogens with one attached hydrogen (secondary N) is 1. The smallest absolute Gasteiger partial charge is 0.332 e. The molecule has 2 aliphatic heterocycles. The average molecular weight is 415 g/mol. The fourth-order valence-electron chi connectivity index (χ4n) is 3.68. The molecule has 152 valence electrons. The van der Waals surface area contributed by atoms with Gasteiger partial charge in [-0.2, -0.15) is 5.10 Å². The van der Waals surface area contributed by atoms with Crippen molar-refractivity contribution in [3.63, 3.8) is 0 Å². The second kappa shape index (κ2) is 8.16. The third kappa shape index (κ3) is 3.93. The Hall–Kier alpha value is -3.01. The third-order valence-electron chi connectivity index (χ3n) is 5.06. The van der Waals surface area contributed by atoms with Crippen LogP contribution in [0.5, 0.6) is 0 Å². The predicted molar refractivity (Wildman–Crippen MR) is 109 cm³/mol. The number of nitrogens with zero attached hydrogens (tertiary/aromatic N) is 3. The van der Waals surface area contributed by atoms with Crippen LogP contribution >= 0.6 is 11.8 Å². The molecule has 2 atom stereocenters. The van der Waals surface area contributed by atoms with Crippen molar-refractivity contribution in [1.29, 1.82) is 0 Å². The van der Waals surface area contributed by atoms with Crippen LogP contribution in [0.2, 0.25) is 0 Å². The number of benzene rings is 1. The highest BCUT2D eigenvalue weighted by Crippen LogP contribution is 2.28. The average Bonchev–Trinajstić information content (AvgIpc) is 3.44. The van der Waals surface area contributed by atoms with Gasteiger partial charge in [0.05, 0.1) is 11.9 Å². The summed E-state index contributed by atoms with van der Waals surface area (Å²) in [7, 11) is 0. The van der Waals surface area contributed by atoms with E-state index in [4.69, 9.17) is 10.2 Å². The SMILES string of the molecule is NC(=O)NN=C[C@@H]1CSCN1C(=O)[C@@H]1CCCN1C(=O)c1cc2ccccc2o1. The van der Waals surface area contributed by atoms with Gasteiger partial charge in [-0.15, -0.1) is 11.8 Å². The minimum absolute atomic E-state index is 0.118. The summed E-state index contributed by atoms with van der Waals surface area (Å²) in [5.41, 5.74) is 7.80. The summed E-state index contributed by atoms with van der Waals surface area (Å²) in [5.74, 6) is 1.03. The largest absolute Gasteiger partial charge is 0.451 e. The van der Waals surface area contributed by atoms with Gasteiger partial charge >= 0.3 is 6.03 Å². The van der Waals surface area contributed by atoms with Gasteiger partial charge in [-0.25, -0.2) is 10.2 Å². The van der Waals surface area contributed by atoms with Gasteiger partial charge in [0.25, 0.3) is 5.91 Å². The Morgan fingerprint density at radius 3 is 2.90 bits per heavy atom. The Balaban J connectivity index is 1.49. The minimum atomic E-state index is -0.761. The molecule has 2 aliphatic rings. The number of thioether (sulfide) groups is 1. The van der Waals surface area contributed by atoms with E-state index in [1.54, 1.807) is 27.6 Å². The highest BCUT2D eigenvalue weighted by molar-refractivity contribution is 7.99. The van der Waals surface area contributed by atoms with Gasteiger partial charge in [0.1, 0.15) is 11.6 Å². The number of carbonyl (C=O) groups excluding carboxylic acids is 3. The number of fused-ring (bicyclic) bond motifs is 1. The van der Waals surface area contributed by atoms with E-state index in [0.717, 1.165) is 11.8 Å². The fourth-order valence-corrected chi connectivity index (χ4v) is 4.81. The first-order valence-electron chi connectivity index (χ1n) is 9.31. The molecule has 2 saturated heterocycles. The molecule has 0 unspecified atom stereocenters. The predicted octanol–water partition coefficient (Wildman–Crippen LogP) is 1.59. The van der Waals surface area contributed by atoms with E-state index < -0.39 is 12.1 Å². The lowest BCUT2D eigenvalue weighted by molar-refractivity contribution is -0.134. The summed E-state index contributed by atoms with van der Waals surface area (Å²) >= 11 is 1.59. The molecule has 1 aromatic heterocycles. The molecule has 1 aromatic carbocycles. The highest BCUT2D eigenvalue weighted by atomic mass is 32.2. The van der Waals surface area contributed by atoms with Crippen LogP contribution in [0, 0.1) is 0 Å². The molecule has 0 spiro atoms. The van der Waals surface area contributed by atoms with Crippen LogP contribution in [0.1, 0.15) is 23.4 Å². The van der Waals surface area contributed by atoms with Crippen molar-refractivity contribution in [2.45, 2.75) is 24.9 Å². The Labute approximate surface area is 171 Å². The van der Waals surface area contributed by atoms with Crippen LogP contribution < -0.4 is 11.2 Å². The molecule has 3 heterocycles. The molecule has 2 fully saturated rings. The second-order valence-electron chi connectivity index (χ2n) is 6.93. The van der Waals surface area contributed by atoms with Gasteiger partial charge in [0.15, 0.2) is 5.76 Å². The van der Waals surface area contributed by atoms with Crippen LogP contribution in [0.3, 0.4) is 0 Å². The number of para-hydroxylation sites is 1. The summed E-state index contributed by atoms with van der Waals surface area (Å²) in [6.45, 7) is 0.509. The first-order chi connectivity index (χ1) is 14.0. The number of hydrazone groups is 1. The van der Waals surface area contributed by atoms with Gasteiger partial charge in [0, 0.05) is 23.9 Å². The molecular weight excluding hydrogens is 394 g/mol.